The van der Waals surface area contributed by atoms with Gasteiger partial charge in [-0.1, -0.05) is 6.92 Å². The average Bonchev–Trinajstić information content (AvgIpc) is 2.97. The second-order valence-electron chi connectivity index (χ2n) is 6.94. The minimum absolute atomic E-state index is 0.145. The van der Waals surface area contributed by atoms with E-state index >= 15 is 0 Å². The van der Waals surface area contributed by atoms with Gasteiger partial charge in [-0.05, 0) is 13.3 Å². The fraction of sp³-hybridized carbons (Fsp3) is 0.933. The lowest BCUT2D eigenvalue weighted by Crippen LogP contribution is -2.50. The van der Waals surface area contributed by atoms with E-state index in [-0.39, 0.29) is 18.3 Å². The molecule has 3 aliphatic rings. The van der Waals surface area contributed by atoms with Crippen molar-refractivity contribution in [3.63, 3.8) is 0 Å². The molecule has 120 valence electrons. The molecule has 2 N–H and O–H groups in total. The highest BCUT2D eigenvalue weighted by Crippen LogP contribution is 2.50. The van der Waals surface area contributed by atoms with Gasteiger partial charge in [0, 0.05) is 31.8 Å². The van der Waals surface area contributed by atoms with E-state index in [1.807, 2.05) is 13.8 Å². The van der Waals surface area contributed by atoms with Gasteiger partial charge in [0.05, 0.1) is 24.2 Å². The lowest BCUT2D eigenvalue weighted by molar-refractivity contribution is -0.278. The summed E-state index contributed by atoms with van der Waals surface area (Å²) >= 11 is 0. The van der Waals surface area contributed by atoms with Crippen LogP contribution in [0.4, 0.5) is 0 Å². The number of carbonyl (C=O) groups excluding carboxylic acids is 1. The van der Waals surface area contributed by atoms with Crippen molar-refractivity contribution in [2.45, 2.75) is 69.2 Å². The van der Waals surface area contributed by atoms with E-state index in [9.17, 15) is 15.0 Å². The number of esters is 1. The number of hydrogen-bond acceptors (Lipinski definition) is 6. The zero-order valence-electron chi connectivity index (χ0n) is 12.7. The second-order valence-corrected chi connectivity index (χ2v) is 6.94. The molecule has 0 aromatic carbocycles. The summed E-state index contributed by atoms with van der Waals surface area (Å²) in [6, 6.07) is 0. The van der Waals surface area contributed by atoms with Crippen LogP contribution < -0.4 is 0 Å². The first-order valence-electron chi connectivity index (χ1n) is 7.61. The molecule has 0 saturated carbocycles. The van der Waals surface area contributed by atoms with E-state index in [0.717, 1.165) is 6.42 Å². The van der Waals surface area contributed by atoms with Crippen LogP contribution in [0.3, 0.4) is 0 Å². The Morgan fingerprint density at radius 2 is 2.00 bits per heavy atom. The van der Waals surface area contributed by atoms with Gasteiger partial charge in [0.25, 0.3) is 0 Å². The first-order valence-corrected chi connectivity index (χ1v) is 7.61. The number of methoxy groups -OCH3 is 1. The molecule has 7 atom stereocenters. The highest BCUT2D eigenvalue weighted by atomic mass is 16.7. The zero-order chi connectivity index (χ0) is 15.4. The zero-order valence-corrected chi connectivity index (χ0v) is 12.7. The molecule has 3 rings (SSSR count). The Bertz CT molecular complexity index is 440. The van der Waals surface area contributed by atoms with E-state index in [4.69, 9.17) is 14.2 Å². The first-order chi connectivity index (χ1) is 9.80. The molecule has 0 aliphatic carbocycles. The van der Waals surface area contributed by atoms with Crippen LogP contribution >= 0.6 is 0 Å². The maximum absolute atomic E-state index is 11.6. The van der Waals surface area contributed by atoms with Crippen molar-refractivity contribution < 1.29 is 29.2 Å². The van der Waals surface area contributed by atoms with Gasteiger partial charge in [-0.15, -0.1) is 0 Å². The van der Waals surface area contributed by atoms with Gasteiger partial charge >= 0.3 is 5.97 Å². The lowest BCUT2D eigenvalue weighted by atomic mass is 9.78. The molecule has 6 nitrogen and oxygen atoms in total. The minimum Gasteiger partial charge on any atom is -0.462 e. The summed E-state index contributed by atoms with van der Waals surface area (Å²) in [5, 5.41) is 21.0. The smallest absolute Gasteiger partial charge is 0.306 e. The van der Waals surface area contributed by atoms with Crippen LogP contribution in [-0.4, -0.2) is 53.0 Å². The number of aliphatic hydroxyl groups is 2. The average molecular weight is 300 g/mol. The number of hydrogen-bond donors (Lipinski definition) is 2. The van der Waals surface area contributed by atoms with Crippen molar-refractivity contribution in [2.75, 3.05) is 7.11 Å². The van der Waals surface area contributed by atoms with Crippen LogP contribution in [-0.2, 0) is 19.0 Å². The van der Waals surface area contributed by atoms with Gasteiger partial charge in [-0.25, -0.2) is 0 Å². The van der Waals surface area contributed by atoms with Crippen molar-refractivity contribution in [2.24, 2.45) is 11.8 Å². The van der Waals surface area contributed by atoms with Gasteiger partial charge in [0.1, 0.15) is 6.10 Å². The highest BCUT2D eigenvalue weighted by Gasteiger charge is 2.58. The number of fused-ring (bicyclic) bond motifs is 3. The number of aliphatic hydroxyl groups excluding tert-OH is 2. The van der Waals surface area contributed by atoms with Crippen molar-refractivity contribution in [1.82, 2.24) is 0 Å². The van der Waals surface area contributed by atoms with E-state index in [0.29, 0.717) is 12.8 Å². The van der Waals surface area contributed by atoms with E-state index in [1.165, 1.54) is 0 Å². The normalized spacial score (nSPS) is 53.6. The molecule has 3 heterocycles. The third-order valence-electron chi connectivity index (χ3n) is 5.56. The first kappa shape index (κ1) is 15.2. The van der Waals surface area contributed by atoms with Crippen molar-refractivity contribution >= 4 is 5.97 Å². The molecule has 21 heavy (non-hydrogen) atoms. The molecule has 3 aliphatic heterocycles. The summed E-state index contributed by atoms with van der Waals surface area (Å²) in [6.45, 7) is 3.80. The Kier molecular flexibility index (Phi) is 3.56. The largest absolute Gasteiger partial charge is 0.462 e. The minimum atomic E-state index is -1.02. The summed E-state index contributed by atoms with van der Waals surface area (Å²) in [6.07, 6.45) is -0.366. The quantitative estimate of drug-likeness (QED) is 0.690. The van der Waals surface area contributed by atoms with E-state index in [1.54, 1.807) is 7.11 Å². The fourth-order valence-corrected chi connectivity index (χ4v) is 4.15. The number of rotatable bonds is 1. The summed E-state index contributed by atoms with van der Waals surface area (Å²) in [4.78, 5) is 11.6. The Hall–Kier alpha value is -0.690. The number of carbonyl (C=O) groups is 1. The second kappa shape index (κ2) is 4.91. The Morgan fingerprint density at radius 3 is 2.67 bits per heavy atom. The van der Waals surface area contributed by atoms with Gasteiger partial charge in [-0.3, -0.25) is 4.79 Å². The maximum Gasteiger partial charge on any atom is 0.306 e. The monoisotopic (exact) mass is 300 g/mol. The topological polar surface area (TPSA) is 85.2 Å². The van der Waals surface area contributed by atoms with Gasteiger partial charge in [0.15, 0.2) is 5.79 Å². The predicted octanol–water partition coefficient (Wildman–Crippen LogP) is 0.591. The van der Waals surface area contributed by atoms with Crippen molar-refractivity contribution in [3.8, 4) is 0 Å². The standard InChI is InChI=1S/C15H24O6/c1-8-12(17)13(18)9-6-11(16)20-10(9)7-14(2)4-5-15(8,19-3)21-14/h8-10,12-13,17-18H,4-7H2,1-3H3/t8-,9-,10-,12-,13+,14-,15+/m1/s1. The summed E-state index contributed by atoms with van der Waals surface area (Å²) in [7, 11) is 1.57. The number of ether oxygens (including phenoxy) is 3. The summed E-state index contributed by atoms with van der Waals surface area (Å²) in [5.41, 5.74) is -0.471. The van der Waals surface area contributed by atoms with E-state index < -0.39 is 35.6 Å². The van der Waals surface area contributed by atoms with Crippen LogP contribution in [0, 0.1) is 11.8 Å². The molecular formula is C15H24O6. The molecule has 0 aromatic rings. The molecule has 0 spiro atoms. The third-order valence-corrected chi connectivity index (χ3v) is 5.56. The molecule has 3 saturated heterocycles. The van der Waals surface area contributed by atoms with Crippen molar-refractivity contribution in [3.05, 3.63) is 0 Å². The Balaban J connectivity index is 1.98. The van der Waals surface area contributed by atoms with Gasteiger partial charge in [0.2, 0.25) is 0 Å². The SMILES string of the molecule is CO[C@]12CC[C@](C)(C[C@H]3OC(=O)C[C@H]3[C@H](O)[C@H](O)[C@H]1C)O2. The predicted molar refractivity (Wildman–Crippen MR) is 72.2 cm³/mol. The molecule has 2 bridgehead atoms. The van der Waals surface area contributed by atoms with Crippen LogP contribution in [0.2, 0.25) is 0 Å². The van der Waals surface area contributed by atoms with Crippen LogP contribution in [0.25, 0.3) is 0 Å². The van der Waals surface area contributed by atoms with E-state index in [2.05, 4.69) is 0 Å². The van der Waals surface area contributed by atoms with Crippen molar-refractivity contribution in [1.29, 1.82) is 0 Å². The molecule has 6 heteroatoms. The molecule has 0 radical (unpaired) electrons. The fourth-order valence-electron chi connectivity index (χ4n) is 4.15. The highest BCUT2D eigenvalue weighted by molar-refractivity contribution is 5.72. The molecule has 3 fully saturated rings. The van der Waals surface area contributed by atoms with Crippen LogP contribution in [0.15, 0.2) is 0 Å². The van der Waals surface area contributed by atoms with Crippen LogP contribution in [0.1, 0.15) is 39.5 Å². The van der Waals surface area contributed by atoms with Gasteiger partial charge in [-0.2, -0.15) is 0 Å². The molecule has 0 amide bonds. The summed E-state index contributed by atoms with van der Waals surface area (Å²) in [5.74, 6) is -1.99. The third kappa shape index (κ3) is 2.29. The maximum atomic E-state index is 11.6. The summed E-state index contributed by atoms with van der Waals surface area (Å²) < 4.78 is 17.2. The molecule has 0 unspecified atom stereocenters. The van der Waals surface area contributed by atoms with Gasteiger partial charge < -0.3 is 24.4 Å². The molecular weight excluding hydrogens is 276 g/mol. The van der Waals surface area contributed by atoms with Crippen LogP contribution in [0.5, 0.6) is 0 Å². The lowest BCUT2D eigenvalue weighted by Gasteiger charge is -2.38. The molecule has 0 aromatic heterocycles. The Labute approximate surface area is 124 Å². The Morgan fingerprint density at radius 1 is 1.29 bits per heavy atom.